The van der Waals surface area contributed by atoms with Crippen LogP contribution in [-0.4, -0.2) is 12.5 Å². The SMILES string of the molecule is CC(C)(C)CC(=O)N[C@H]1CCOc2ccccc21. The van der Waals surface area contributed by atoms with Crippen molar-refractivity contribution >= 4 is 5.91 Å². The molecule has 3 nitrogen and oxygen atoms in total. The van der Waals surface area contributed by atoms with Crippen LogP contribution in [0.5, 0.6) is 5.75 Å². The minimum absolute atomic E-state index is 0.0226. The van der Waals surface area contributed by atoms with Gasteiger partial charge >= 0.3 is 0 Å². The van der Waals surface area contributed by atoms with Gasteiger partial charge in [0.15, 0.2) is 0 Å². The van der Waals surface area contributed by atoms with Crippen LogP contribution in [0.15, 0.2) is 24.3 Å². The summed E-state index contributed by atoms with van der Waals surface area (Å²) in [6.07, 6.45) is 1.39. The molecule has 2 rings (SSSR count). The van der Waals surface area contributed by atoms with Crippen molar-refractivity contribution in [2.45, 2.75) is 39.7 Å². The second-order valence-corrected chi connectivity index (χ2v) is 6.03. The summed E-state index contributed by atoms with van der Waals surface area (Å²) in [5.41, 5.74) is 1.11. The average Bonchev–Trinajstić information content (AvgIpc) is 2.27. The molecule has 1 N–H and O–H groups in total. The maximum atomic E-state index is 12.0. The minimum Gasteiger partial charge on any atom is -0.493 e. The fourth-order valence-electron chi connectivity index (χ4n) is 2.22. The molecule has 0 saturated heterocycles. The van der Waals surface area contributed by atoms with Gasteiger partial charge in [0.1, 0.15) is 5.75 Å². The molecule has 1 aliphatic heterocycles. The van der Waals surface area contributed by atoms with E-state index in [-0.39, 0.29) is 17.4 Å². The molecule has 0 unspecified atom stereocenters. The van der Waals surface area contributed by atoms with Gasteiger partial charge in [0.05, 0.1) is 12.6 Å². The smallest absolute Gasteiger partial charge is 0.221 e. The van der Waals surface area contributed by atoms with E-state index in [0.717, 1.165) is 17.7 Å². The highest BCUT2D eigenvalue weighted by atomic mass is 16.5. The first kappa shape index (κ1) is 12.9. The molecule has 18 heavy (non-hydrogen) atoms. The normalized spacial score (nSPS) is 18.7. The van der Waals surface area contributed by atoms with E-state index in [9.17, 15) is 4.79 Å². The Labute approximate surface area is 109 Å². The summed E-state index contributed by atoms with van der Waals surface area (Å²) in [5.74, 6) is 1.01. The lowest BCUT2D eigenvalue weighted by atomic mass is 9.91. The Kier molecular flexibility index (Phi) is 3.60. The second-order valence-electron chi connectivity index (χ2n) is 6.03. The molecule has 1 aromatic rings. The van der Waals surface area contributed by atoms with Gasteiger partial charge in [-0.25, -0.2) is 0 Å². The van der Waals surface area contributed by atoms with E-state index in [2.05, 4.69) is 26.1 Å². The highest BCUT2D eigenvalue weighted by Crippen LogP contribution is 2.31. The minimum atomic E-state index is 0.0226. The van der Waals surface area contributed by atoms with Crippen molar-refractivity contribution in [1.82, 2.24) is 5.32 Å². The van der Waals surface area contributed by atoms with Gasteiger partial charge in [-0.15, -0.1) is 0 Å². The number of rotatable bonds is 2. The number of fused-ring (bicyclic) bond motifs is 1. The van der Waals surface area contributed by atoms with Crippen LogP contribution in [0, 0.1) is 5.41 Å². The van der Waals surface area contributed by atoms with E-state index in [4.69, 9.17) is 4.74 Å². The van der Waals surface area contributed by atoms with Crippen LogP contribution in [-0.2, 0) is 4.79 Å². The van der Waals surface area contributed by atoms with E-state index < -0.39 is 0 Å². The number of carbonyl (C=O) groups excluding carboxylic acids is 1. The summed E-state index contributed by atoms with van der Waals surface area (Å²) in [5, 5.41) is 3.11. The number of nitrogens with one attached hydrogen (secondary N) is 1. The summed E-state index contributed by atoms with van der Waals surface area (Å²) in [4.78, 5) is 12.0. The topological polar surface area (TPSA) is 38.3 Å². The largest absolute Gasteiger partial charge is 0.493 e. The van der Waals surface area contributed by atoms with Crippen molar-refractivity contribution < 1.29 is 9.53 Å². The molecule has 0 radical (unpaired) electrons. The molecule has 98 valence electrons. The van der Waals surface area contributed by atoms with Gasteiger partial charge in [-0.05, 0) is 11.5 Å². The Morgan fingerprint density at radius 2 is 2.11 bits per heavy atom. The second kappa shape index (κ2) is 5.01. The number of para-hydroxylation sites is 1. The first-order chi connectivity index (χ1) is 8.46. The zero-order chi connectivity index (χ0) is 13.2. The van der Waals surface area contributed by atoms with Crippen LogP contribution < -0.4 is 10.1 Å². The van der Waals surface area contributed by atoms with Gasteiger partial charge in [0.2, 0.25) is 5.91 Å². The van der Waals surface area contributed by atoms with Crippen LogP contribution in [0.3, 0.4) is 0 Å². The van der Waals surface area contributed by atoms with Gasteiger partial charge in [-0.3, -0.25) is 4.79 Å². The summed E-state index contributed by atoms with van der Waals surface area (Å²) >= 11 is 0. The molecular formula is C15H21NO2. The molecular weight excluding hydrogens is 226 g/mol. The zero-order valence-electron chi connectivity index (χ0n) is 11.3. The van der Waals surface area contributed by atoms with Crippen molar-refractivity contribution in [2.24, 2.45) is 5.41 Å². The Morgan fingerprint density at radius 1 is 1.39 bits per heavy atom. The molecule has 1 amide bonds. The Balaban J connectivity index is 2.05. The number of carbonyl (C=O) groups is 1. The summed E-state index contributed by atoms with van der Waals surface area (Å²) in [7, 11) is 0. The van der Waals surface area contributed by atoms with Crippen molar-refractivity contribution in [2.75, 3.05) is 6.61 Å². The number of hydrogen-bond donors (Lipinski definition) is 1. The highest BCUT2D eigenvalue weighted by Gasteiger charge is 2.24. The summed E-state index contributed by atoms with van der Waals surface area (Å²) in [6, 6.07) is 8.01. The van der Waals surface area contributed by atoms with Crippen LogP contribution in [0.4, 0.5) is 0 Å². The Bertz CT molecular complexity index is 434. The van der Waals surface area contributed by atoms with E-state index in [1.54, 1.807) is 0 Å². The maximum absolute atomic E-state index is 12.0. The fraction of sp³-hybridized carbons (Fsp3) is 0.533. The van der Waals surface area contributed by atoms with Crippen molar-refractivity contribution in [1.29, 1.82) is 0 Å². The Hall–Kier alpha value is -1.51. The predicted molar refractivity (Wildman–Crippen MR) is 71.5 cm³/mol. The molecule has 1 aromatic carbocycles. The first-order valence-electron chi connectivity index (χ1n) is 6.47. The average molecular weight is 247 g/mol. The molecule has 0 bridgehead atoms. The standard InChI is InChI=1S/C15H21NO2/c1-15(2,3)10-14(17)16-12-8-9-18-13-7-5-4-6-11(12)13/h4-7,12H,8-10H2,1-3H3,(H,16,17)/t12-/m0/s1. The molecule has 1 atom stereocenters. The van der Waals surface area contributed by atoms with Crippen LogP contribution in [0.25, 0.3) is 0 Å². The predicted octanol–water partition coefficient (Wildman–Crippen LogP) is 3.06. The third-order valence-corrected chi connectivity index (χ3v) is 2.98. The first-order valence-corrected chi connectivity index (χ1v) is 6.47. The van der Waals surface area contributed by atoms with Gasteiger partial charge < -0.3 is 10.1 Å². The lowest BCUT2D eigenvalue weighted by Crippen LogP contribution is -2.34. The van der Waals surface area contributed by atoms with Crippen LogP contribution in [0.2, 0.25) is 0 Å². The number of ether oxygens (including phenoxy) is 1. The molecule has 1 heterocycles. The lowest BCUT2D eigenvalue weighted by Gasteiger charge is -2.28. The summed E-state index contributed by atoms with van der Waals surface area (Å²) in [6.45, 7) is 6.89. The molecule has 3 heteroatoms. The number of benzene rings is 1. The van der Waals surface area contributed by atoms with Crippen LogP contribution >= 0.6 is 0 Å². The van der Waals surface area contributed by atoms with E-state index in [1.807, 2.05) is 24.3 Å². The van der Waals surface area contributed by atoms with Crippen molar-refractivity contribution in [3.8, 4) is 5.75 Å². The van der Waals surface area contributed by atoms with Gasteiger partial charge in [-0.2, -0.15) is 0 Å². The van der Waals surface area contributed by atoms with Crippen LogP contribution in [0.1, 0.15) is 45.2 Å². The van der Waals surface area contributed by atoms with Gasteiger partial charge in [0, 0.05) is 18.4 Å². The fourth-order valence-corrected chi connectivity index (χ4v) is 2.22. The third kappa shape index (κ3) is 3.25. The lowest BCUT2D eigenvalue weighted by molar-refractivity contribution is -0.123. The highest BCUT2D eigenvalue weighted by molar-refractivity contribution is 5.77. The third-order valence-electron chi connectivity index (χ3n) is 2.98. The van der Waals surface area contributed by atoms with E-state index in [1.165, 1.54) is 0 Å². The maximum Gasteiger partial charge on any atom is 0.221 e. The quantitative estimate of drug-likeness (QED) is 0.872. The monoisotopic (exact) mass is 247 g/mol. The van der Waals surface area contributed by atoms with Gasteiger partial charge in [0.25, 0.3) is 0 Å². The molecule has 0 spiro atoms. The van der Waals surface area contributed by atoms with Gasteiger partial charge in [-0.1, -0.05) is 39.0 Å². The molecule has 0 aliphatic carbocycles. The summed E-state index contributed by atoms with van der Waals surface area (Å²) < 4.78 is 5.58. The number of hydrogen-bond acceptors (Lipinski definition) is 2. The molecule has 1 aliphatic rings. The molecule has 0 fully saturated rings. The Morgan fingerprint density at radius 3 is 2.83 bits per heavy atom. The van der Waals surface area contributed by atoms with E-state index >= 15 is 0 Å². The number of amides is 1. The van der Waals surface area contributed by atoms with Crippen molar-refractivity contribution in [3.63, 3.8) is 0 Å². The van der Waals surface area contributed by atoms with E-state index in [0.29, 0.717) is 13.0 Å². The molecule has 0 saturated carbocycles. The van der Waals surface area contributed by atoms with Crippen molar-refractivity contribution in [3.05, 3.63) is 29.8 Å². The zero-order valence-corrected chi connectivity index (χ0v) is 11.3. The molecule has 0 aromatic heterocycles.